The van der Waals surface area contributed by atoms with Crippen molar-refractivity contribution in [2.24, 2.45) is 7.05 Å². The van der Waals surface area contributed by atoms with E-state index in [2.05, 4.69) is 10.4 Å². The van der Waals surface area contributed by atoms with Crippen LogP contribution in [0.1, 0.15) is 11.1 Å². The lowest BCUT2D eigenvalue weighted by Crippen LogP contribution is -2.06. The van der Waals surface area contributed by atoms with E-state index in [1.807, 2.05) is 19.3 Å². The number of benzene rings is 1. The first-order chi connectivity index (χ1) is 9.60. The number of hydrogen-bond acceptors (Lipinski definition) is 5. The standard InChI is InChI=1S/C13H13N5O2/c1-17-9-11(8-16-17)4-5-15-12-3-2-10(7-14)6-13(12)18(19)20/h2-3,6,8-9,15H,4-5H2,1H3. The Balaban J connectivity index is 2.05. The fourth-order valence-corrected chi connectivity index (χ4v) is 1.84. The number of nitrogens with one attached hydrogen (secondary N) is 1. The monoisotopic (exact) mass is 271 g/mol. The van der Waals surface area contributed by atoms with E-state index >= 15 is 0 Å². The van der Waals surface area contributed by atoms with E-state index in [1.54, 1.807) is 23.0 Å². The highest BCUT2D eigenvalue weighted by molar-refractivity contribution is 5.64. The number of nitrogens with zero attached hydrogens (tertiary/aromatic N) is 4. The molecule has 7 nitrogen and oxygen atoms in total. The molecule has 0 aliphatic carbocycles. The topological polar surface area (TPSA) is 96.8 Å². The predicted molar refractivity (Wildman–Crippen MR) is 73.2 cm³/mol. The average molecular weight is 271 g/mol. The first-order valence-corrected chi connectivity index (χ1v) is 6.00. The molecule has 0 unspecified atom stereocenters. The summed E-state index contributed by atoms with van der Waals surface area (Å²) in [5.74, 6) is 0. The van der Waals surface area contributed by atoms with Crippen LogP contribution in [0, 0.1) is 21.4 Å². The molecule has 0 aliphatic rings. The van der Waals surface area contributed by atoms with Crippen LogP contribution in [-0.2, 0) is 13.5 Å². The molecule has 0 aliphatic heterocycles. The van der Waals surface area contributed by atoms with Gasteiger partial charge in [-0.25, -0.2) is 0 Å². The van der Waals surface area contributed by atoms with Gasteiger partial charge in [-0.1, -0.05) is 0 Å². The second-order valence-corrected chi connectivity index (χ2v) is 4.30. The normalized spacial score (nSPS) is 10.0. The van der Waals surface area contributed by atoms with E-state index in [-0.39, 0.29) is 11.3 Å². The molecule has 1 heterocycles. The number of aryl methyl sites for hydroxylation is 1. The number of hydrogen-bond donors (Lipinski definition) is 1. The van der Waals surface area contributed by atoms with Crippen LogP contribution in [0.15, 0.2) is 30.6 Å². The minimum Gasteiger partial charge on any atom is -0.379 e. The Morgan fingerprint density at radius 1 is 1.55 bits per heavy atom. The maximum Gasteiger partial charge on any atom is 0.293 e. The van der Waals surface area contributed by atoms with E-state index in [0.29, 0.717) is 18.7 Å². The van der Waals surface area contributed by atoms with Crippen LogP contribution in [0.2, 0.25) is 0 Å². The Bertz CT molecular complexity index is 672. The molecule has 0 radical (unpaired) electrons. The molecule has 20 heavy (non-hydrogen) atoms. The minimum absolute atomic E-state index is 0.0877. The molecule has 0 saturated heterocycles. The first-order valence-electron chi connectivity index (χ1n) is 6.00. The smallest absolute Gasteiger partial charge is 0.293 e. The summed E-state index contributed by atoms with van der Waals surface area (Å²) < 4.78 is 1.71. The van der Waals surface area contributed by atoms with Gasteiger partial charge in [0.2, 0.25) is 0 Å². The Morgan fingerprint density at radius 2 is 2.35 bits per heavy atom. The van der Waals surface area contributed by atoms with Crippen molar-refractivity contribution in [2.45, 2.75) is 6.42 Å². The van der Waals surface area contributed by atoms with Crippen molar-refractivity contribution in [3.63, 3.8) is 0 Å². The summed E-state index contributed by atoms with van der Waals surface area (Å²) in [5, 5.41) is 26.8. The van der Waals surface area contributed by atoms with Crippen molar-refractivity contribution in [1.29, 1.82) is 5.26 Å². The molecule has 0 amide bonds. The molecule has 1 aromatic heterocycles. The highest BCUT2D eigenvalue weighted by Crippen LogP contribution is 2.25. The van der Waals surface area contributed by atoms with Gasteiger partial charge in [0, 0.05) is 25.9 Å². The summed E-state index contributed by atoms with van der Waals surface area (Å²) in [7, 11) is 1.84. The average Bonchev–Trinajstić information content (AvgIpc) is 2.84. The molecule has 0 bridgehead atoms. The lowest BCUT2D eigenvalue weighted by atomic mass is 10.2. The van der Waals surface area contributed by atoms with Crippen molar-refractivity contribution in [3.8, 4) is 6.07 Å². The molecule has 7 heteroatoms. The van der Waals surface area contributed by atoms with E-state index in [9.17, 15) is 10.1 Å². The number of aromatic nitrogens is 2. The van der Waals surface area contributed by atoms with Gasteiger partial charge in [-0.2, -0.15) is 10.4 Å². The van der Waals surface area contributed by atoms with Crippen molar-refractivity contribution < 1.29 is 4.92 Å². The van der Waals surface area contributed by atoms with Crippen molar-refractivity contribution in [1.82, 2.24) is 9.78 Å². The second-order valence-electron chi connectivity index (χ2n) is 4.30. The number of anilines is 1. The van der Waals surface area contributed by atoms with Crippen LogP contribution in [0.5, 0.6) is 0 Å². The second kappa shape index (κ2) is 5.84. The van der Waals surface area contributed by atoms with Crippen LogP contribution in [-0.4, -0.2) is 21.2 Å². The maximum atomic E-state index is 11.0. The van der Waals surface area contributed by atoms with Crippen LogP contribution in [0.4, 0.5) is 11.4 Å². The molecule has 1 aromatic carbocycles. The molecule has 102 valence electrons. The number of nitro groups is 1. The van der Waals surface area contributed by atoms with Crippen molar-refractivity contribution in [3.05, 3.63) is 51.8 Å². The zero-order chi connectivity index (χ0) is 14.5. The highest BCUT2D eigenvalue weighted by atomic mass is 16.6. The molecular formula is C13H13N5O2. The number of rotatable bonds is 5. The zero-order valence-electron chi connectivity index (χ0n) is 10.9. The molecule has 0 spiro atoms. The Morgan fingerprint density at radius 3 is 2.95 bits per heavy atom. The zero-order valence-corrected chi connectivity index (χ0v) is 10.9. The van der Waals surface area contributed by atoms with Gasteiger partial charge >= 0.3 is 0 Å². The summed E-state index contributed by atoms with van der Waals surface area (Å²) in [4.78, 5) is 10.5. The molecule has 0 fully saturated rings. The quantitative estimate of drug-likeness (QED) is 0.661. The van der Waals surface area contributed by atoms with Crippen LogP contribution < -0.4 is 5.32 Å². The van der Waals surface area contributed by atoms with E-state index in [1.165, 1.54) is 6.07 Å². The molecule has 2 rings (SSSR count). The lowest BCUT2D eigenvalue weighted by Gasteiger charge is -2.06. The van der Waals surface area contributed by atoms with Crippen LogP contribution in [0.3, 0.4) is 0 Å². The van der Waals surface area contributed by atoms with Crippen LogP contribution >= 0.6 is 0 Å². The summed E-state index contributed by atoms with van der Waals surface area (Å²) in [6.45, 7) is 0.554. The molecule has 2 aromatic rings. The predicted octanol–water partition coefficient (Wildman–Crippen LogP) is 1.85. The van der Waals surface area contributed by atoms with E-state index < -0.39 is 4.92 Å². The Kier molecular flexibility index (Phi) is 3.96. The molecule has 1 N–H and O–H groups in total. The van der Waals surface area contributed by atoms with Crippen LogP contribution in [0.25, 0.3) is 0 Å². The van der Waals surface area contributed by atoms with E-state index in [0.717, 1.165) is 5.56 Å². The van der Waals surface area contributed by atoms with Gasteiger partial charge in [0.1, 0.15) is 5.69 Å². The van der Waals surface area contributed by atoms with Gasteiger partial charge in [-0.05, 0) is 24.1 Å². The van der Waals surface area contributed by atoms with Crippen molar-refractivity contribution >= 4 is 11.4 Å². The van der Waals surface area contributed by atoms with Gasteiger partial charge < -0.3 is 5.32 Å². The fourth-order valence-electron chi connectivity index (χ4n) is 1.84. The van der Waals surface area contributed by atoms with Gasteiger partial charge in [0.05, 0.1) is 22.8 Å². The van der Waals surface area contributed by atoms with E-state index in [4.69, 9.17) is 5.26 Å². The van der Waals surface area contributed by atoms with Gasteiger partial charge in [0.25, 0.3) is 5.69 Å². The Hall–Kier alpha value is -2.88. The molecule has 0 saturated carbocycles. The fraction of sp³-hybridized carbons (Fsp3) is 0.231. The summed E-state index contributed by atoms with van der Waals surface area (Å²) in [6, 6.07) is 6.27. The van der Waals surface area contributed by atoms with Gasteiger partial charge in [-0.3, -0.25) is 14.8 Å². The largest absolute Gasteiger partial charge is 0.379 e. The summed E-state index contributed by atoms with van der Waals surface area (Å²) in [5.41, 5.74) is 1.65. The Labute approximate surface area is 115 Å². The maximum absolute atomic E-state index is 11.0. The van der Waals surface area contributed by atoms with Crippen molar-refractivity contribution in [2.75, 3.05) is 11.9 Å². The summed E-state index contributed by atoms with van der Waals surface area (Å²) >= 11 is 0. The summed E-state index contributed by atoms with van der Waals surface area (Å²) in [6.07, 6.45) is 4.37. The SMILES string of the molecule is Cn1cc(CCNc2ccc(C#N)cc2[N+](=O)[O-])cn1. The third-order valence-electron chi connectivity index (χ3n) is 2.81. The van der Waals surface area contributed by atoms with Gasteiger partial charge in [0.15, 0.2) is 0 Å². The number of nitriles is 1. The molecular weight excluding hydrogens is 258 g/mol. The van der Waals surface area contributed by atoms with Gasteiger partial charge in [-0.15, -0.1) is 0 Å². The molecule has 0 atom stereocenters. The number of nitro benzene ring substituents is 1. The third kappa shape index (κ3) is 3.11. The lowest BCUT2D eigenvalue weighted by molar-refractivity contribution is -0.384. The third-order valence-corrected chi connectivity index (χ3v) is 2.81. The highest BCUT2D eigenvalue weighted by Gasteiger charge is 2.14. The minimum atomic E-state index is -0.493. The first kappa shape index (κ1) is 13.5.